The first kappa shape index (κ1) is 17.8. The molecular weight excluding hydrogens is 372 g/mol. The van der Waals surface area contributed by atoms with Gasteiger partial charge in [-0.2, -0.15) is 0 Å². The van der Waals surface area contributed by atoms with E-state index < -0.39 is 11.9 Å². The molecule has 7 heteroatoms. The second-order valence-corrected chi connectivity index (χ2v) is 7.05. The lowest BCUT2D eigenvalue weighted by Crippen LogP contribution is -2.09. The predicted octanol–water partition coefficient (Wildman–Crippen LogP) is 4.50. The third-order valence-electron chi connectivity index (χ3n) is 3.63. The second-order valence-electron chi connectivity index (χ2n) is 5.23. The molecule has 4 aromatic rings. The quantitative estimate of drug-likeness (QED) is 0.392. The van der Waals surface area contributed by atoms with Gasteiger partial charge in [-0.15, -0.1) is 22.7 Å². The molecule has 0 aliphatic heterocycles. The highest BCUT2D eigenvalue weighted by molar-refractivity contribution is 7.18. The number of carboxylic acids is 2. The Hall–Kier alpha value is -3.03. The van der Waals surface area contributed by atoms with Crippen LogP contribution in [0.2, 0.25) is 0 Å². The van der Waals surface area contributed by atoms with Crippen LogP contribution in [0.15, 0.2) is 59.3 Å². The minimum absolute atomic E-state index is 0.125. The molecule has 0 spiro atoms. The molecule has 0 saturated carbocycles. The topological polar surface area (TPSA) is 91.7 Å². The molecule has 0 aliphatic carbocycles. The molecule has 0 radical (unpaired) electrons. The summed E-state index contributed by atoms with van der Waals surface area (Å²) in [5, 5.41) is 20.8. The number of carbonyl (C=O) groups excluding carboxylic acids is 1. The summed E-state index contributed by atoms with van der Waals surface area (Å²) in [6.45, 7) is 0. The summed E-state index contributed by atoms with van der Waals surface area (Å²) in [6, 6.07) is 16.1. The van der Waals surface area contributed by atoms with Gasteiger partial charge in [-0.25, -0.2) is 9.59 Å². The van der Waals surface area contributed by atoms with E-state index in [2.05, 4.69) is 12.1 Å². The summed E-state index contributed by atoms with van der Waals surface area (Å²) in [5.41, 5.74) is 1.63. The van der Waals surface area contributed by atoms with Gasteiger partial charge in [-0.05, 0) is 12.1 Å². The number of ketones is 1. The molecule has 0 bridgehead atoms. The fourth-order valence-electron chi connectivity index (χ4n) is 2.45. The zero-order valence-electron chi connectivity index (χ0n) is 13.2. The van der Waals surface area contributed by atoms with Gasteiger partial charge in [0.05, 0.1) is 0 Å². The van der Waals surface area contributed by atoms with E-state index in [1.807, 2.05) is 47.2 Å². The molecule has 2 aromatic carbocycles. The highest BCUT2D eigenvalue weighted by Gasteiger charge is 2.17. The molecule has 0 saturated heterocycles. The summed E-state index contributed by atoms with van der Waals surface area (Å²) in [4.78, 5) is 31.0. The zero-order chi connectivity index (χ0) is 18.7. The van der Waals surface area contributed by atoms with Crippen LogP contribution in [0.1, 0.15) is 15.9 Å². The van der Waals surface area contributed by atoms with Crippen LogP contribution in [-0.4, -0.2) is 27.9 Å². The van der Waals surface area contributed by atoms with Crippen LogP contribution in [0.4, 0.5) is 0 Å². The summed E-state index contributed by atoms with van der Waals surface area (Å²) < 4.78 is 2.32. The number of aliphatic carboxylic acids is 2. The molecule has 0 atom stereocenters. The number of benzene rings is 2. The van der Waals surface area contributed by atoms with E-state index in [9.17, 15) is 4.79 Å². The number of thiophene rings is 2. The molecule has 2 aromatic heterocycles. The summed E-state index contributed by atoms with van der Waals surface area (Å²) >= 11 is 3.26. The van der Waals surface area contributed by atoms with Gasteiger partial charge in [0, 0.05) is 42.1 Å². The molecule has 2 N–H and O–H groups in total. The van der Waals surface area contributed by atoms with Crippen molar-refractivity contribution in [3.8, 4) is 0 Å². The molecule has 2 heterocycles. The number of carboxylic acid groups (broad SMARTS) is 2. The Bertz CT molecular complexity index is 1040. The lowest BCUT2D eigenvalue weighted by molar-refractivity contribution is -0.159. The van der Waals surface area contributed by atoms with Crippen LogP contribution in [-0.2, 0) is 9.59 Å². The van der Waals surface area contributed by atoms with Crippen molar-refractivity contribution in [2.75, 3.05) is 0 Å². The van der Waals surface area contributed by atoms with Crippen LogP contribution < -0.4 is 0 Å². The van der Waals surface area contributed by atoms with E-state index >= 15 is 0 Å². The Morgan fingerprint density at radius 1 is 0.654 bits per heavy atom. The van der Waals surface area contributed by atoms with Crippen LogP contribution >= 0.6 is 22.7 Å². The number of hydrogen-bond donors (Lipinski definition) is 2. The maximum atomic E-state index is 12.8. The Labute approximate surface area is 155 Å². The maximum absolute atomic E-state index is 12.8. The largest absolute Gasteiger partial charge is 0.473 e. The summed E-state index contributed by atoms with van der Waals surface area (Å²) in [5.74, 6) is -3.52. The lowest BCUT2D eigenvalue weighted by atomic mass is 10.0. The summed E-state index contributed by atoms with van der Waals surface area (Å²) in [6.07, 6.45) is 0. The first-order valence-electron chi connectivity index (χ1n) is 7.42. The fourth-order valence-corrected chi connectivity index (χ4v) is 4.33. The van der Waals surface area contributed by atoms with E-state index in [4.69, 9.17) is 19.8 Å². The third-order valence-corrected chi connectivity index (χ3v) is 5.56. The Kier molecular flexibility index (Phi) is 5.11. The van der Waals surface area contributed by atoms with Crippen molar-refractivity contribution < 1.29 is 24.6 Å². The Morgan fingerprint density at radius 3 is 1.42 bits per heavy atom. The molecule has 130 valence electrons. The van der Waals surface area contributed by atoms with E-state index in [1.165, 1.54) is 0 Å². The first-order chi connectivity index (χ1) is 12.5. The van der Waals surface area contributed by atoms with Gasteiger partial charge in [0.1, 0.15) is 0 Å². The number of hydrogen-bond acceptors (Lipinski definition) is 5. The number of carbonyl (C=O) groups is 3. The number of rotatable bonds is 2. The first-order valence-corrected chi connectivity index (χ1v) is 9.18. The van der Waals surface area contributed by atoms with E-state index in [-0.39, 0.29) is 5.78 Å². The smallest absolute Gasteiger partial charge is 0.414 e. The molecule has 5 nitrogen and oxygen atoms in total. The average molecular weight is 384 g/mol. The van der Waals surface area contributed by atoms with Gasteiger partial charge in [0.25, 0.3) is 0 Å². The zero-order valence-corrected chi connectivity index (χ0v) is 14.8. The van der Waals surface area contributed by atoms with Crippen molar-refractivity contribution in [1.82, 2.24) is 0 Å². The van der Waals surface area contributed by atoms with Crippen LogP contribution in [0.5, 0.6) is 0 Å². The van der Waals surface area contributed by atoms with Gasteiger partial charge in [0.15, 0.2) is 5.78 Å². The minimum Gasteiger partial charge on any atom is -0.473 e. The molecular formula is C19H12O5S2. The van der Waals surface area contributed by atoms with E-state index in [0.29, 0.717) is 0 Å². The van der Waals surface area contributed by atoms with Crippen LogP contribution in [0.25, 0.3) is 20.2 Å². The minimum atomic E-state index is -1.82. The van der Waals surface area contributed by atoms with Crippen molar-refractivity contribution in [2.24, 2.45) is 0 Å². The van der Waals surface area contributed by atoms with Crippen LogP contribution in [0.3, 0.4) is 0 Å². The molecule has 26 heavy (non-hydrogen) atoms. The van der Waals surface area contributed by atoms with Gasteiger partial charge >= 0.3 is 11.9 Å². The second kappa shape index (κ2) is 7.47. The van der Waals surface area contributed by atoms with Crippen molar-refractivity contribution >= 4 is 60.6 Å². The highest BCUT2D eigenvalue weighted by atomic mass is 32.1. The van der Waals surface area contributed by atoms with Crippen molar-refractivity contribution in [2.45, 2.75) is 0 Å². The van der Waals surface area contributed by atoms with Crippen molar-refractivity contribution in [1.29, 1.82) is 0 Å². The van der Waals surface area contributed by atoms with Crippen molar-refractivity contribution in [3.05, 3.63) is 70.4 Å². The Balaban J connectivity index is 0.000000286. The third kappa shape index (κ3) is 3.49. The molecule has 0 fully saturated rings. The maximum Gasteiger partial charge on any atom is 0.414 e. The van der Waals surface area contributed by atoms with Gasteiger partial charge in [0.2, 0.25) is 0 Å². The molecule has 0 aliphatic rings. The van der Waals surface area contributed by atoms with Crippen LogP contribution in [0, 0.1) is 0 Å². The SMILES string of the molecule is O=C(O)C(=O)O.O=C(c1csc2ccccc12)c1csc2ccccc12. The van der Waals surface area contributed by atoms with Gasteiger partial charge in [-0.3, -0.25) is 4.79 Å². The van der Waals surface area contributed by atoms with Gasteiger partial charge < -0.3 is 10.2 Å². The number of fused-ring (bicyclic) bond motifs is 2. The lowest BCUT2D eigenvalue weighted by Gasteiger charge is -1.98. The van der Waals surface area contributed by atoms with E-state index in [1.54, 1.807) is 22.7 Å². The predicted molar refractivity (Wildman–Crippen MR) is 102 cm³/mol. The molecule has 0 unspecified atom stereocenters. The standard InChI is InChI=1S/C17H10OS2.C2H2O4/c18-17(13-9-19-15-7-3-1-5-11(13)15)14-10-20-16-8-4-2-6-12(14)16;3-1(4)2(5)6/h1-10H;(H,3,4)(H,5,6). The highest BCUT2D eigenvalue weighted by Crippen LogP contribution is 2.32. The molecule has 4 rings (SSSR count). The van der Waals surface area contributed by atoms with Crippen molar-refractivity contribution in [3.63, 3.8) is 0 Å². The normalized spacial score (nSPS) is 10.3. The average Bonchev–Trinajstić information content (AvgIpc) is 3.26. The van der Waals surface area contributed by atoms with E-state index in [0.717, 1.165) is 31.3 Å². The molecule has 0 amide bonds. The Morgan fingerprint density at radius 2 is 1.04 bits per heavy atom. The monoisotopic (exact) mass is 384 g/mol. The van der Waals surface area contributed by atoms with Gasteiger partial charge in [-0.1, -0.05) is 36.4 Å². The fraction of sp³-hybridized carbons (Fsp3) is 0. The summed E-state index contributed by atoms with van der Waals surface area (Å²) in [7, 11) is 0.